The highest BCUT2D eigenvalue weighted by Crippen LogP contribution is 2.27. The van der Waals surface area contributed by atoms with Gasteiger partial charge in [-0.3, -0.25) is 5.43 Å². The summed E-state index contributed by atoms with van der Waals surface area (Å²) in [6.07, 6.45) is 1.61. The molecule has 0 saturated heterocycles. The number of rotatable bonds is 4. The molecule has 3 aromatic rings. The van der Waals surface area contributed by atoms with Crippen molar-refractivity contribution in [2.45, 2.75) is 6.92 Å². The van der Waals surface area contributed by atoms with Crippen LogP contribution in [-0.4, -0.2) is 16.0 Å². The highest BCUT2D eigenvalue weighted by Gasteiger charge is 2.14. The second-order valence-corrected chi connectivity index (χ2v) is 6.18. The molecule has 24 heavy (non-hydrogen) atoms. The lowest BCUT2D eigenvalue weighted by Gasteiger charge is -2.05. The molecule has 1 N–H and O–H groups in total. The van der Waals surface area contributed by atoms with Gasteiger partial charge < -0.3 is 0 Å². The highest BCUT2D eigenvalue weighted by molar-refractivity contribution is 6.34. The van der Waals surface area contributed by atoms with Crippen LogP contribution in [0.2, 0.25) is 15.2 Å². The number of benzene rings is 2. The van der Waals surface area contributed by atoms with Gasteiger partial charge in [0.2, 0.25) is 0 Å². The minimum atomic E-state index is 0.435. The molecule has 0 atom stereocenters. The SMILES string of the molecule is Cc1nn(-c2ccccc2Cl)c(Cl)c1C=NNc1ccccc1Cl. The van der Waals surface area contributed by atoms with E-state index < -0.39 is 0 Å². The van der Waals surface area contributed by atoms with E-state index in [0.717, 1.165) is 5.69 Å². The minimum Gasteiger partial charge on any atom is -0.277 e. The number of halogens is 3. The fraction of sp³-hybridized carbons (Fsp3) is 0.0588. The molecule has 0 fully saturated rings. The number of hydrogen-bond donors (Lipinski definition) is 1. The molecule has 0 unspecified atom stereocenters. The molecule has 2 aromatic carbocycles. The zero-order valence-electron chi connectivity index (χ0n) is 12.7. The lowest BCUT2D eigenvalue weighted by Crippen LogP contribution is -1.97. The van der Waals surface area contributed by atoms with E-state index >= 15 is 0 Å². The van der Waals surface area contributed by atoms with E-state index in [1.807, 2.05) is 43.3 Å². The standard InChI is InChI=1S/C17H13Cl3N4/c1-11-12(10-21-22-15-8-4-2-6-13(15)18)17(20)24(23-11)16-9-5-3-7-14(16)19/h2-10,22H,1H3. The Kier molecular flexibility index (Phi) is 5.09. The summed E-state index contributed by atoms with van der Waals surface area (Å²) in [5.74, 6) is 0. The van der Waals surface area contributed by atoms with Crippen LogP contribution in [0.15, 0.2) is 53.6 Å². The molecule has 0 saturated carbocycles. The summed E-state index contributed by atoms with van der Waals surface area (Å²) in [5, 5.41) is 10.2. The number of nitrogens with zero attached hydrogens (tertiary/aromatic N) is 3. The third kappa shape index (κ3) is 3.41. The van der Waals surface area contributed by atoms with Crippen LogP contribution in [0, 0.1) is 6.92 Å². The number of aryl methyl sites for hydroxylation is 1. The lowest BCUT2D eigenvalue weighted by molar-refractivity contribution is 0.863. The number of hydrazone groups is 1. The molecule has 0 bridgehead atoms. The Morgan fingerprint density at radius 1 is 1.00 bits per heavy atom. The number of anilines is 1. The first-order valence-corrected chi connectivity index (χ1v) is 8.25. The highest BCUT2D eigenvalue weighted by atomic mass is 35.5. The van der Waals surface area contributed by atoms with Gasteiger partial charge in [0, 0.05) is 0 Å². The van der Waals surface area contributed by atoms with Gasteiger partial charge in [-0.25, -0.2) is 4.68 Å². The monoisotopic (exact) mass is 378 g/mol. The Morgan fingerprint density at radius 2 is 1.67 bits per heavy atom. The van der Waals surface area contributed by atoms with Crippen molar-refractivity contribution in [3.8, 4) is 5.69 Å². The largest absolute Gasteiger partial charge is 0.277 e. The van der Waals surface area contributed by atoms with Crippen LogP contribution in [0.5, 0.6) is 0 Å². The predicted octanol–water partition coefficient (Wildman–Crippen LogP) is 5.59. The van der Waals surface area contributed by atoms with Gasteiger partial charge in [-0.15, -0.1) is 0 Å². The van der Waals surface area contributed by atoms with Gasteiger partial charge in [0.1, 0.15) is 5.15 Å². The van der Waals surface area contributed by atoms with Crippen molar-refractivity contribution in [1.82, 2.24) is 9.78 Å². The lowest BCUT2D eigenvalue weighted by atomic mass is 10.3. The average molecular weight is 380 g/mol. The van der Waals surface area contributed by atoms with Crippen LogP contribution in [0.4, 0.5) is 5.69 Å². The summed E-state index contributed by atoms with van der Waals surface area (Å²) in [6, 6.07) is 14.7. The van der Waals surface area contributed by atoms with Crippen molar-refractivity contribution >= 4 is 46.7 Å². The van der Waals surface area contributed by atoms with Gasteiger partial charge in [-0.05, 0) is 31.2 Å². The second kappa shape index (κ2) is 7.26. The third-order valence-corrected chi connectivity index (χ3v) is 4.39. The Hall–Kier alpha value is -2.01. The maximum atomic E-state index is 6.45. The molecular weight excluding hydrogens is 367 g/mol. The molecule has 0 spiro atoms. The molecule has 0 radical (unpaired) electrons. The van der Waals surface area contributed by atoms with Crippen LogP contribution in [-0.2, 0) is 0 Å². The molecule has 7 heteroatoms. The predicted molar refractivity (Wildman–Crippen MR) is 101 cm³/mol. The Bertz CT molecular complexity index is 903. The van der Waals surface area contributed by atoms with E-state index in [-0.39, 0.29) is 0 Å². The minimum absolute atomic E-state index is 0.435. The smallest absolute Gasteiger partial charge is 0.142 e. The fourth-order valence-electron chi connectivity index (χ4n) is 2.16. The fourth-order valence-corrected chi connectivity index (χ4v) is 2.87. The molecule has 3 rings (SSSR count). The van der Waals surface area contributed by atoms with Crippen LogP contribution in [0.1, 0.15) is 11.3 Å². The summed E-state index contributed by atoms with van der Waals surface area (Å²) in [5.41, 5.74) is 5.76. The van der Waals surface area contributed by atoms with E-state index in [4.69, 9.17) is 34.8 Å². The van der Waals surface area contributed by atoms with Crippen molar-refractivity contribution in [2.24, 2.45) is 5.10 Å². The van der Waals surface area contributed by atoms with Crippen LogP contribution >= 0.6 is 34.8 Å². The van der Waals surface area contributed by atoms with Crippen molar-refractivity contribution < 1.29 is 0 Å². The van der Waals surface area contributed by atoms with Gasteiger partial charge in [0.15, 0.2) is 0 Å². The molecular formula is C17H13Cl3N4. The van der Waals surface area contributed by atoms with Gasteiger partial charge in [0.05, 0.1) is 38.9 Å². The van der Waals surface area contributed by atoms with E-state index in [2.05, 4.69) is 15.6 Å². The molecule has 0 aliphatic rings. The number of aromatic nitrogens is 2. The van der Waals surface area contributed by atoms with Gasteiger partial charge >= 0.3 is 0 Å². The second-order valence-electron chi connectivity index (χ2n) is 5.00. The normalized spacial score (nSPS) is 11.2. The van der Waals surface area contributed by atoms with Crippen LogP contribution in [0.3, 0.4) is 0 Å². The van der Waals surface area contributed by atoms with Crippen molar-refractivity contribution in [1.29, 1.82) is 0 Å². The number of nitrogens with one attached hydrogen (secondary N) is 1. The zero-order valence-corrected chi connectivity index (χ0v) is 14.9. The Morgan fingerprint density at radius 3 is 2.38 bits per heavy atom. The van der Waals surface area contributed by atoms with E-state index in [9.17, 15) is 0 Å². The maximum absolute atomic E-state index is 6.45. The zero-order chi connectivity index (χ0) is 17.1. The quantitative estimate of drug-likeness (QED) is 0.474. The molecule has 1 aromatic heterocycles. The summed E-state index contributed by atoms with van der Waals surface area (Å²) < 4.78 is 1.59. The molecule has 0 amide bonds. The molecule has 1 heterocycles. The molecule has 4 nitrogen and oxygen atoms in total. The molecule has 122 valence electrons. The first-order chi connectivity index (χ1) is 11.6. The molecule has 0 aliphatic carbocycles. The van der Waals surface area contributed by atoms with Gasteiger partial charge in [-0.1, -0.05) is 59.1 Å². The first-order valence-electron chi connectivity index (χ1n) is 7.11. The summed E-state index contributed by atoms with van der Waals surface area (Å²) in [6.45, 7) is 1.86. The van der Waals surface area contributed by atoms with E-state index in [0.29, 0.717) is 32.1 Å². The summed E-state index contributed by atoms with van der Waals surface area (Å²) >= 11 is 18.7. The Labute approximate surface area is 154 Å². The number of para-hydroxylation sites is 2. The topological polar surface area (TPSA) is 42.2 Å². The summed E-state index contributed by atoms with van der Waals surface area (Å²) in [7, 11) is 0. The third-order valence-electron chi connectivity index (χ3n) is 3.38. The van der Waals surface area contributed by atoms with Crippen LogP contribution < -0.4 is 5.43 Å². The average Bonchev–Trinajstić information content (AvgIpc) is 2.85. The summed E-state index contributed by atoms with van der Waals surface area (Å²) in [4.78, 5) is 0. The van der Waals surface area contributed by atoms with Gasteiger partial charge in [0.25, 0.3) is 0 Å². The Balaban J connectivity index is 1.89. The van der Waals surface area contributed by atoms with E-state index in [1.54, 1.807) is 23.0 Å². The number of hydrogen-bond acceptors (Lipinski definition) is 3. The first kappa shape index (κ1) is 16.8. The molecule has 0 aliphatic heterocycles. The van der Waals surface area contributed by atoms with Crippen molar-refractivity contribution in [2.75, 3.05) is 5.43 Å². The van der Waals surface area contributed by atoms with E-state index in [1.165, 1.54) is 0 Å². The van der Waals surface area contributed by atoms with Crippen LogP contribution in [0.25, 0.3) is 5.69 Å². The van der Waals surface area contributed by atoms with Crippen molar-refractivity contribution in [3.05, 3.63) is 75.0 Å². The van der Waals surface area contributed by atoms with Gasteiger partial charge in [-0.2, -0.15) is 10.2 Å². The maximum Gasteiger partial charge on any atom is 0.142 e. The van der Waals surface area contributed by atoms with Crippen molar-refractivity contribution in [3.63, 3.8) is 0 Å².